The van der Waals surface area contributed by atoms with Crippen molar-refractivity contribution in [2.75, 3.05) is 0 Å². The van der Waals surface area contributed by atoms with Gasteiger partial charge < -0.3 is 21.7 Å². The van der Waals surface area contributed by atoms with Gasteiger partial charge in [0.1, 0.15) is 5.92 Å². The van der Waals surface area contributed by atoms with Crippen LogP contribution < -0.4 is 11.9 Å². The molecule has 1 amide bonds. The van der Waals surface area contributed by atoms with Crippen molar-refractivity contribution < 1.29 is 19.4 Å². The van der Waals surface area contributed by atoms with Crippen LogP contribution in [0.15, 0.2) is 12.2 Å². The summed E-state index contributed by atoms with van der Waals surface area (Å²) in [6, 6.07) is 0. The zero-order valence-corrected chi connectivity index (χ0v) is 7.42. The minimum Gasteiger partial charge on any atom is -0.481 e. The van der Waals surface area contributed by atoms with Gasteiger partial charge in [0.2, 0.25) is 5.91 Å². The highest BCUT2D eigenvalue weighted by Gasteiger charge is 2.52. The van der Waals surface area contributed by atoms with Crippen LogP contribution in [0.3, 0.4) is 0 Å². The van der Waals surface area contributed by atoms with Crippen molar-refractivity contribution >= 4 is 11.9 Å². The van der Waals surface area contributed by atoms with Gasteiger partial charge in [-0.05, 0) is 0 Å². The lowest BCUT2D eigenvalue weighted by molar-refractivity contribution is -0.146. The quantitative estimate of drug-likeness (QED) is 0.507. The highest BCUT2D eigenvalue weighted by atomic mass is 16.5. The summed E-state index contributed by atoms with van der Waals surface area (Å²) in [5.74, 6) is -3.16. The van der Waals surface area contributed by atoms with Crippen LogP contribution in [0, 0.1) is 11.8 Å². The Labute approximate surface area is 80.3 Å². The van der Waals surface area contributed by atoms with Gasteiger partial charge in [-0.3, -0.25) is 9.59 Å². The van der Waals surface area contributed by atoms with Crippen LogP contribution in [0.1, 0.15) is 0 Å². The van der Waals surface area contributed by atoms with Crippen molar-refractivity contribution in [3.8, 4) is 0 Å². The van der Waals surface area contributed by atoms with Crippen LogP contribution in [0.5, 0.6) is 0 Å². The predicted octanol–water partition coefficient (Wildman–Crippen LogP) is -0.712. The second-order valence-corrected chi connectivity index (χ2v) is 3.24. The molecule has 2 bridgehead atoms. The fraction of sp³-hybridized carbons (Fsp3) is 0.500. The number of hydrogen-bond acceptors (Lipinski definition) is 4. The summed E-state index contributed by atoms with van der Waals surface area (Å²) in [6.07, 6.45) is 2.44. The molecule has 0 aromatic carbocycles. The van der Waals surface area contributed by atoms with Gasteiger partial charge in [0.05, 0.1) is 18.1 Å². The summed E-state index contributed by atoms with van der Waals surface area (Å²) in [6.45, 7) is 0. The first-order valence-electron chi connectivity index (χ1n) is 3.97. The maximum absolute atomic E-state index is 11.0. The first kappa shape index (κ1) is 10.7. The third-order valence-corrected chi connectivity index (χ3v) is 2.51. The summed E-state index contributed by atoms with van der Waals surface area (Å²) < 4.78 is 5.23. The summed E-state index contributed by atoms with van der Waals surface area (Å²) >= 11 is 0. The maximum Gasteiger partial charge on any atom is 0.310 e. The van der Waals surface area contributed by atoms with E-state index in [9.17, 15) is 9.59 Å². The Morgan fingerprint density at radius 1 is 1.21 bits per heavy atom. The van der Waals surface area contributed by atoms with Crippen LogP contribution in [0.4, 0.5) is 0 Å². The first-order valence-corrected chi connectivity index (χ1v) is 3.97. The lowest BCUT2D eigenvalue weighted by Crippen LogP contribution is -2.39. The number of amides is 1. The van der Waals surface area contributed by atoms with Gasteiger partial charge in [-0.15, -0.1) is 0 Å². The number of carboxylic acids is 1. The number of carboxylic acid groups (broad SMARTS) is 1. The molecule has 2 aliphatic heterocycles. The first-order chi connectivity index (χ1) is 6.11. The fourth-order valence-corrected chi connectivity index (χ4v) is 1.94. The van der Waals surface area contributed by atoms with Gasteiger partial charge in [-0.25, -0.2) is 0 Å². The molecule has 0 radical (unpaired) electrons. The largest absolute Gasteiger partial charge is 0.481 e. The van der Waals surface area contributed by atoms with Crippen LogP contribution in [-0.2, 0) is 14.3 Å². The smallest absolute Gasteiger partial charge is 0.310 e. The number of nitrogens with two attached hydrogens (primary N) is 1. The second-order valence-electron chi connectivity index (χ2n) is 3.24. The van der Waals surface area contributed by atoms with E-state index in [-0.39, 0.29) is 6.15 Å². The Hall–Kier alpha value is -1.40. The van der Waals surface area contributed by atoms with Gasteiger partial charge in [-0.2, -0.15) is 0 Å². The van der Waals surface area contributed by atoms with Crippen molar-refractivity contribution in [3.05, 3.63) is 12.2 Å². The summed E-state index contributed by atoms with van der Waals surface area (Å²) in [5, 5.41) is 8.83. The lowest BCUT2D eigenvalue weighted by Gasteiger charge is -2.17. The highest BCUT2D eigenvalue weighted by Crippen LogP contribution is 2.38. The fourth-order valence-electron chi connectivity index (χ4n) is 1.94. The van der Waals surface area contributed by atoms with Crippen LogP contribution in [0.2, 0.25) is 0 Å². The molecule has 1 fully saturated rings. The van der Waals surface area contributed by atoms with Gasteiger partial charge in [-0.1, -0.05) is 12.2 Å². The lowest BCUT2D eigenvalue weighted by atomic mass is 9.83. The molecule has 0 aromatic heterocycles. The van der Waals surface area contributed by atoms with E-state index in [1.165, 1.54) is 0 Å². The van der Waals surface area contributed by atoms with E-state index in [1.54, 1.807) is 12.2 Å². The molecule has 6 nitrogen and oxygen atoms in total. The molecule has 6 N–H and O–H groups in total. The third kappa shape index (κ3) is 1.28. The Morgan fingerprint density at radius 3 is 2.07 bits per heavy atom. The van der Waals surface area contributed by atoms with Crippen LogP contribution >= 0.6 is 0 Å². The number of rotatable bonds is 2. The van der Waals surface area contributed by atoms with Crippen molar-refractivity contribution in [1.82, 2.24) is 6.15 Å². The topological polar surface area (TPSA) is 125 Å². The maximum atomic E-state index is 11.0. The van der Waals surface area contributed by atoms with Gasteiger partial charge in [0, 0.05) is 0 Å². The second kappa shape index (κ2) is 3.39. The number of carbonyl (C=O) groups excluding carboxylic acids is 1. The van der Waals surface area contributed by atoms with E-state index in [0.717, 1.165) is 0 Å². The number of primary amides is 1. The molecule has 4 unspecified atom stereocenters. The summed E-state index contributed by atoms with van der Waals surface area (Å²) in [5.41, 5.74) is 5.10. The van der Waals surface area contributed by atoms with Gasteiger partial charge in [0.15, 0.2) is 0 Å². The molecule has 2 heterocycles. The molecule has 1 saturated heterocycles. The van der Waals surface area contributed by atoms with E-state index >= 15 is 0 Å². The van der Waals surface area contributed by atoms with Crippen molar-refractivity contribution in [2.45, 2.75) is 12.2 Å². The number of fused-ring (bicyclic) bond motifs is 2. The molecule has 2 aliphatic rings. The molecule has 0 aliphatic carbocycles. The minimum absolute atomic E-state index is 0. The molecule has 78 valence electrons. The van der Waals surface area contributed by atoms with Crippen LogP contribution in [-0.4, -0.2) is 29.2 Å². The molecule has 6 heteroatoms. The van der Waals surface area contributed by atoms with E-state index in [0.29, 0.717) is 0 Å². The standard InChI is InChI=1S/C8H9NO4.H3N/c9-7(10)5-3-1-2-4(13-3)6(5)8(11)12;/h1-6H,(H2,9,10)(H,11,12);1H3. The summed E-state index contributed by atoms with van der Waals surface area (Å²) in [7, 11) is 0. The number of carbonyl (C=O) groups is 2. The third-order valence-electron chi connectivity index (χ3n) is 2.51. The Bertz CT molecular complexity index is 274. The molecule has 14 heavy (non-hydrogen) atoms. The van der Waals surface area contributed by atoms with E-state index in [1.807, 2.05) is 0 Å². The molecular weight excluding hydrogens is 188 g/mol. The van der Waals surface area contributed by atoms with Gasteiger partial charge >= 0.3 is 5.97 Å². The highest BCUT2D eigenvalue weighted by molar-refractivity contribution is 5.86. The monoisotopic (exact) mass is 200 g/mol. The minimum atomic E-state index is -1.03. The predicted molar refractivity (Wildman–Crippen MR) is 46.6 cm³/mol. The Morgan fingerprint density at radius 2 is 1.71 bits per heavy atom. The Balaban J connectivity index is 0.000000980. The van der Waals surface area contributed by atoms with Crippen molar-refractivity contribution in [1.29, 1.82) is 0 Å². The van der Waals surface area contributed by atoms with Crippen molar-refractivity contribution in [3.63, 3.8) is 0 Å². The zero-order valence-electron chi connectivity index (χ0n) is 7.42. The molecule has 0 aromatic rings. The van der Waals surface area contributed by atoms with E-state index in [4.69, 9.17) is 15.6 Å². The molecule has 0 saturated carbocycles. The van der Waals surface area contributed by atoms with Gasteiger partial charge in [0.25, 0.3) is 0 Å². The SMILES string of the molecule is N.NC(=O)C1C2C=CC(O2)C1C(=O)O. The van der Waals surface area contributed by atoms with E-state index < -0.39 is 35.9 Å². The van der Waals surface area contributed by atoms with Crippen molar-refractivity contribution in [2.24, 2.45) is 17.6 Å². The normalized spacial score (nSPS) is 38.0. The molecule has 4 atom stereocenters. The molecular formula is C8H12N2O4. The zero-order chi connectivity index (χ0) is 9.59. The Kier molecular flexibility index (Phi) is 2.59. The molecule has 2 rings (SSSR count). The number of hydrogen-bond donors (Lipinski definition) is 3. The number of ether oxygens (including phenoxy) is 1. The average molecular weight is 200 g/mol. The number of aliphatic carboxylic acids is 1. The summed E-state index contributed by atoms with van der Waals surface area (Å²) in [4.78, 5) is 21.7. The van der Waals surface area contributed by atoms with Crippen LogP contribution in [0.25, 0.3) is 0 Å². The average Bonchev–Trinajstić information content (AvgIpc) is 2.60. The van der Waals surface area contributed by atoms with E-state index in [2.05, 4.69) is 0 Å². The molecule has 0 spiro atoms.